The Bertz CT molecular complexity index is 675. The van der Waals surface area contributed by atoms with Gasteiger partial charge in [0.2, 0.25) is 23.6 Å². The number of rotatable bonds is 11. The number of primary amides is 1. The monoisotopic (exact) mass is 445 g/mol. The number of likely N-dealkylation sites (tertiary alicyclic amines) is 1. The number of aliphatic carboxylic acids is 1. The van der Waals surface area contributed by atoms with Gasteiger partial charge in [-0.05, 0) is 18.8 Å². The molecule has 5 atom stereocenters. The van der Waals surface area contributed by atoms with Crippen molar-refractivity contribution in [2.45, 2.75) is 63.7 Å². The molecule has 0 aromatic heterocycles. The number of amides is 4. The van der Waals surface area contributed by atoms with E-state index >= 15 is 0 Å². The van der Waals surface area contributed by atoms with Crippen LogP contribution in [0.2, 0.25) is 0 Å². The molecule has 12 heteroatoms. The minimum Gasteiger partial charge on any atom is -0.480 e. The van der Waals surface area contributed by atoms with E-state index in [0.29, 0.717) is 19.3 Å². The summed E-state index contributed by atoms with van der Waals surface area (Å²) in [6.45, 7) is 3.95. The van der Waals surface area contributed by atoms with Crippen LogP contribution in [-0.2, 0) is 24.0 Å². The normalized spacial score (nSPS) is 20.0. The standard InChI is InChI=1S/C18H31N5O6S/c1-3-9(2)14(22-15(25)10(19)8-30)17(27)23-6-4-5-12(23)16(26)21-11(18(28)29)7-13(20)24/h9-12,14,30H,3-8,19H2,1-2H3,(H2,20,24)(H,21,26)(H,22,25)(H,28,29). The van der Waals surface area contributed by atoms with E-state index in [4.69, 9.17) is 11.5 Å². The number of carbonyl (C=O) groups excluding carboxylic acids is 4. The van der Waals surface area contributed by atoms with Crippen molar-refractivity contribution in [3.8, 4) is 0 Å². The Kier molecular flexibility index (Phi) is 10.1. The fourth-order valence-corrected chi connectivity index (χ4v) is 3.34. The van der Waals surface area contributed by atoms with Gasteiger partial charge in [-0.2, -0.15) is 12.6 Å². The van der Waals surface area contributed by atoms with Gasteiger partial charge in [-0.3, -0.25) is 19.2 Å². The van der Waals surface area contributed by atoms with Gasteiger partial charge in [0, 0.05) is 12.3 Å². The summed E-state index contributed by atoms with van der Waals surface area (Å²) in [5.74, 6) is -4.03. The molecule has 0 radical (unpaired) electrons. The van der Waals surface area contributed by atoms with Gasteiger partial charge in [0.1, 0.15) is 18.1 Å². The summed E-state index contributed by atoms with van der Waals surface area (Å²) < 4.78 is 0. The van der Waals surface area contributed by atoms with Gasteiger partial charge in [0.25, 0.3) is 0 Å². The second-order valence-corrected chi connectivity index (χ2v) is 7.79. The molecule has 1 heterocycles. The maximum Gasteiger partial charge on any atom is 0.326 e. The molecule has 1 aliphatic heterocycles. The van der Waals surface area contributed by atoms with Gasteiger partial charge in [0.15, 0.2) is 0 Å². The number of carboxylic acid groups (broad SMARTS) is 1. The van der Waals surface area contributed by atoms with Gasteiger partial charge in [0.05, 0.1) is 12.5 Å². The van der Waals surface area contributed by atoms with Crippen molar-refractivity contribution in [2.24, 2.45) is 17.4 Å². The largest absolute Gasteiger partial charge is 0.480 e. The minimum absolute atomic E-state index is 0.110. The Hall–Kier alpha value is -2.34. The number of nitrogens with two attached hydrogens (primary N) is 2. The van der Waals surface area contributed by atoms with Crippen molar-refractivity contribution in [2.75, 3.05) is 12.3 Å². The second-order valence-electron chi connectivity index (χ2n) is 7.42. The molecule has 11 nitrogen and oxygen atoms in total. The Morgan fingerprint density at radius 2 is 1.87 bits per heavy atom. The smallest absolute Gasteiger partial charge is 0.326 e. The van der Waals surface area contributed by atoms with Gasteiger partial charge in [-0.15, -0.1) is 0 Å². The van der Waals surface area contributed by atoms with E-state index in [-0.39, 0.29) is 18.2 Å². The van der Waals surface area contributed by atoms with E-state index in [9.17, 15) is 29.1 Å². The molecule has 4 amide bonds. The van der Waals surface area contributed by atoms with Crippen LogP contribution in [0.1, 0.15) is 39.5 Å². The maximum atomic E-state index is 13.2. The van der Waals surface area contributed by atoms with Crippen molar-refractivity contribution in [3.63, 3.8) is 0 Å². The molecule has 1 aliphatic rings. The number of carbonyl (C=O) groups is 5. The summed E-state index contributed by atoms with van der Waals surface area (Å²) in [5.41, 5.74) is 10.7. The zero-order valence-electron chi connectivity index (χ0n) is 17.2. The van der Waals surface area contributed by atoms with Gasteiger partial charge < -0.3 is 32.1 Å². The predicted octanol–water partition coefficient (Wildman–Crippen LogP) is -1.79. The summed E-state index contributed by atoms with van der Waals surface area (Å²) in [4.78, 5) is 61.7. The highest BCUT2D eigenvalue weighted by Crippen LogP contribution is 2.22. The third-order valence-corrected chi connectivity index (χ3v) is 5.56. The summed E-state index contributed by atoms with van der Waals surface area (Å²) in [6, 6.07) is -4.15. The summed E-state index contributed by atoms with van der Waals surface area (Å²) in [7, 11) is 0. The summed E-state index contributed by atoms with van der Waals surface area (Å²) >= 11 is 3.99. The minimum atomic E-state index is -1.48. The van der Waals surface area contributed by atoms with E-state index in [1.54, 1.807) is 6.92 Å². The number of carboxylic acids is 1. The van der Waals surface area contributed by atoms with Crippen LogP contribution < -0.4 is 22.1 Å². The van der Waals surface area contributed by atoms with Crippen LogP contribution >= 0.6 is 12.6 Å². The van der Waals surface area contributed by atoms with E-state index in [0.717, 1.165) is 0 Å². The molecule has 1 rings (SSSR count). The lowest BCUT2D eigenvalue weighted by Crippen LogP contribution is -2.58. The highest BCUT2D eigenvalue weighted by molar-refractivity contribution is 7.80. The molecule has 7 N–H and O–H groups in total. The van der Waals surface area contributed by atoms with Crippen molar-refractivity contribution in [1.29, 1.82) is 0 Å². The molecule has 0 aromatic rings. The highest BCUT2D eigenvalue weighted by Gasteiger charge is 2.40. The molecule has 0 aromatic carbocycles. The van der Waals surface area contributed by atoms with Crippen molar-refractivity contribution in [3.05, 3.63) is 0 Å². The first-order valence-corrected chi connectivity index (χ1v) is 10.4. The maximum absolute atomic E-state index is 13.2. The lowest BCUT2D eigenvalue weighted by molar-refractivity contribution is -0.146. The average Bonchev–Trinajstić information content (AvgIpc) is 3.19. The Balaban J connectivity index is 2.98. The molecule has 0 bridgehead atoms. The van der Waals surface area contributed by atoms with Crippen LogP contribution in [0.25, 0.3) is 0 Å². The van der Waals surface area contributed by atoms with E-state index in [1.807, 2.05) is 6.92 Å². The first kappa shape index (κ1) is 25.7. The van der Waals surface area contributed by atoms with Crippen molar-refractivity contribution < 1.29 is 29.1 Å². The topological polar surface area (TPSA) is 185 Å². The first-order valence-electron chi connectivity index (χ1n) is 9.82. The Morgan fingerprint density at radius 3 is 2.37 bits per heavy atom. The van der Waals surface area contributed by atoms with E-state index in [2.05, 4.69) is 23.3 Å². The molecule has 0 aliphatic carbocycles. The number of thiol groups is 1. The van der Waals surface area contributed by atoms with Crippen molar-refractivity contribution in [1.82, 2.24) is 15.5 Å². The average molecular weight is 446 g/mol. The molecule has 0 saturated carbocycles. The van der Waals surface area contributed by atoms with E-state index in [1.165, 1.54) is 4.90 Å². The number of nitrogens with one attached hydrogen (secondary N) is 2. The third-order valence-electron chi connectivity index (χ3n) is 5.17. The molecule has 0 spiro atoms. The zero-order valence-corrected chi connectivity index (χ0v) is 18.1. The molecule has 170 valence electrons. The zero-order chi connectivity index (χ0) is 23.0. The first-order chi connectivity index (χ1) is 14.0. The third kappa shape index (κ3) is 6.87. The second kappa shape index (κ2) is 11.7. The Morgan fingerprint density at radius 1 is 1.23 bits per heavy atom. The Labute approximate surface area is 180 Å². The van der Waals surface area contributed by atoms with Gasteiger partial charge >= 0.3 is 5.97 Å². The van der Waals surface area contributed by atoms with Gasteiger partial charge in [-0.25, -0.2) is 4.79 Å². The number of hydrogen-bond donors (Lipinski definition) is 6. The predicted molar refractivity (Wildman–Crippen MR) is 111 cm³/mol. The molecular formula is C18H31N5O6S. The van der Waals surface area contributed by atoms with Gasteiger partial charge in [-0.1, -0.05) is 20.3 Å². The van der Waals surface area contributed by atoms with Crippen molar-refractivity contribution >= 4 is 42.2 Å². The lowest BCUT2D eigenvalue weighted by Gasteiger charge is -2.32. The summed E-state index contributed by atoms with van der Waals surface area (Å²) in [6.07, 6.45) is 0.901. The lowest BCUT2D eigenvalue weighted by atomic mass is 9.97. The van der Waals surface area contributed by atoms with Crippen LogP contribution in [0.5, 0.6) is 0 Å². The SMILES string of the molecule is CCC(C)C(NC(=O)C(N)CS)C(=O)N1CCCC1C(=O)NC(CC(N)=O)C(=O)O. The quantitative estimate of drug-likeness (QED) is 0.203. The van der Waals surface area contributed by atoms with Crippen LogP contribution in [0, 0.1) is 5.92 Å². The van der Waals surface area contributed by atoms with Crippen LogP contribution in [0.3, 0.4) is 0 Å². The fraction of sp³-hybridized carbons (Fsp3) is 0.722. The molecule has 30 heavy (non-hydrogen) atoms. The molecule has 1 fully saturated rings. The molecule has 5 unspecified atom stereocenters. The van der Waals surface area contributed by atoms with Crippen LogP contribution in [0.15, 0.2) is 0 Å². The van der Waals surface area contributed by atoms with Crippen LogP contribution in [0.4, 0.5) is 0 Å². The fourth-order valence-electron chi connectivity index (χ4n) is 3.18. The van der Waals surface area contributed by atoms with Crippen LogP contribution in [-0.4, -0.2) is 76.1 Å². The summed E-state index contributed by atoms with van der Waals surface area (Å²) in [5, 5.41) is 14.1. The number of nitrogens with zero attached hydrogens (tertiary/aromatic N) is 1. The van der Waals surface area contributed by atoms with E-state index < -0.39 is 60.2 Å². The highest BCUT2D eigenvalue weighted by atomic mass is 32.1. The molecule has 1 saturated heterocycles. The number of hydrogen-bond acceptors (Lipinski definition) is 7. The molecular weight excluding hydrogens is 414 g/mol.